The van der Waals surface area contributed by atoms with Crippen LogP contribution in [0.1, 0.15) is 5.56 Å². The maximum Gasteiger partial charge on any atom is 0.199 e. The number of nitrogens with two attached hydrogens (primary N) is 1. The summed E-state index contributed by atoms with van der Waals surface area (Å²) in [4.78, 5) is 4.50. The molecule has 0 radical (unpaired) electrons. The first-order chi connectivity index (χ1) is 9.22. The molecule has 2 heterocycles. The van der Waals surface area contributed by atoms with Crippen LogP contribution in [-0.2, 0) is 6.54 Å². The third kappa shape index (κ3) is 1.62. The van der Waals surface area contributed by atoms with Gasteiger partial charge in [-0.3, -0.25) is 0 Å². The minimum absolute atomic E-state index is 0.154. The molecule has 0 unspecified atom stereocenters. The minimum atomic E-state index is 0.154. The van der Waals surface area contributed by atoms with Gasteiger partial charge in [-0.15, -0.1) is 0 Å². The van der Waals surface area contributed by atoms with E-state index in [4.69, 9.17) is 11.0 Å². The van der Waals surface area contributed by atoms with Crippen molar-refractivity contribution in [1.82, 2.24) is 19.9 Å². The summed E-state index contributed by atoms with van der Waals surface area (Å²) >= 11 is 0. The predicted octanol–water partition coefficient (Wildman–Crippen LogP) is 1.50. The molecule has 7 nitrogen and oxygen atoms in total. The van der Waals surface area contributed by atoms with E-state index in [0.29, 0.717) is 11.5 Å². The monoisotopic (exact) mass is 254 g/mol. The highest BCUT2D eigenvalue weighted by molar-refractivity contribution is 5.84. The quantitative estimate of drug-likeness (QED) is 0.742. The van der Waals surface area contributed by atoms with Crippen LogP contribution >= 0.6 is 0 Å². The average Bonchev–Trinajstić information content (AvgIpc) is 2.95. The summed E-state index contributed by atoms with van der Waals surface area (Å²) in [6, 6.07) is 7.89. The molecule has 0 fully saturated rings. The van der Waals surface area contributed by atoms with Crippen molar-refractivity contribution in [3.8, 4) is 17.6 Å². The van der Waals surface area contributed by atoms with Gasteiger partial charge in [-0.05, 0) is 28.9 Å². The second kappa shape index (κ2) is 4.10. The Kier molecular flexibility index (Phi) is 2.42. The summed E-state index contributed by atoms with van der Waals surface area (Å²) in [7, 11) is 0. The summed E-state index contributed by atoms with van der Waals surface area (Å²) in [6.07, 6.45) is 0. The Morgan fingerprint density at radius 2 is 2.26 bits per heavy atom. The number of anilines is 1. The second-order valence-electron chi connectivity index (χ2n) is 4.12. The molecule has 0 aliphatic carbocycles. The molecule has 0 spiro atoms. The lowest BCUT2D eigenvalue weighted by Gasteiger charge is -2.01. The fourth-order valence-corrected chi connectivity index (χ4v) is 2.05. The number of aromatic nitrogens is 4. The highest BCUT2D eigenvalue weighted by Gasteiger charge is 2.19. The Morgan fingerprint density at radius 3 is 2.95 bits per heavy atom. The summed E-state index contributed by atoms with van der Waals surface area (Å²) in [5, 5.41) is 16.3. The van der Waals surface area contributed by atoms with Gasteiger partial charge in [0.25, 0.3) is 0 Å². The molecule has 0 aliphatic rings. The Balaban J connectivity index is 2.36. The first-order valence-electron chi connectivity index (χ1n) is 5.63. The summed E-state index contributed by atoms with van der Waals surface area (Å²) in [5.41, 5.74) is 8.74. The fourth-order valence-electron chi connectivity index (χ4n) is 2.05. The molecule has 1 aromatic carbocycles. The molecule has 2 N–H and O–H groups in total. The van der Waals surface area contributed by atoms with Crippen LogP contribution in [0.3, 0.4) is 0 Å². The SMILES string of the molecule is Cc1cccc2c1nc(-c1nonc1N)n2CC#N. The molecule has 0 atom stereocenters. The fraction of sp³-hybridized carbons (Fsp3) is 0.167. The van der Waals surface area contributed by atoms with Crippen LogP contribution in [0.15, 0.2) is 22.8 Å². The first-order valence-corrected chi connectivity index (χ1v) is 5.63. The van der Waals surface area contributed by atoms with Gasteiger partial charge in [0, 0.05) is 0 Å². The molecule has 7 heteroatoms. The van der Waals surface area contributed by atoms with Crippen LogP contribution in [0.2, 0.25) is 0 Å². The third-order valence-corrected chi connectivity index (χ3v) is 2.94. The van der Waals surface area contributed by atoms with Crippen molar-refractivity contribution in [2.75, 3.05) is 5.73 Å². The van der Waals surface area contributed by atoms with E-state index < -0.39 is 0 Å². The Bertz CT molecular complexity index is 794. The van der Waals surface area contributed by atoms with Crippen LogP contribution in [0.25, 0.3) is 22.6 Å². The van der Waals surface area contributed by atoms with Gasteiger partial charge < -0.3 is 10.3 Å². The van der Waals surface area contributed by atoms with Crippen LogP contribution in [0, 0.1) is 18.3 Å². The zero-order valence-electron chi connectivity index (χ0n) is 10.2. The minimum Gasteiger partial charge on any atom is -0.379 e. The molecular weight excluding hydrogens is 244 g/mol. The van der Waals surface area contributed by atoms with E-state index in [1.807, 2.05) is 25.1 Å². The van der Waals surface area contributed by atoms with E-state index in [-0.39, 0.29) is 12.4 Å². The number of benzene rings is 1. The number of hydrogen-bond acceptors (Lipinski definition) is 6. The van der Waals surface area contributed by atoms with Crippen molar-refractivity contribution in [2.24, 2.45) is 0 Å². The lowest BCUT2D eigenvalue weighted by Crippen LogP contribution is -2.00. The zero-order valence-corrected chi connectivity index (χ0v) is 10.2. The Hall–Kier alpha value is -2.88. The molecule has 0 aliphatic heterocycles. The number of nitrogens with zero attached hydrogens (tertiary/aromatic N) is 5. The summed E-state index contributed by atoms with van der Waals surface area (Å²) in [5.74, 6) is 0.650. The van der Waals surface area contributed by atoms with Crippen molar-refractivity contribution in [1.29, 1.82) is 5.26 Å². The number of hydrogen-bond donors (Lipinski definition) is 1. The van der Waals surface area contributed by atoms with Gasteiger partial charge in [0.15, 0.2) is 17.3 Å². The van der Waals surface area contributed by atoms with Crippen molar-refractivity contribution in [2.45, 2.75) is 13.5 Å². The normalized spacial score (nSPS) is 10.7. The van der Waals surface area contributed by atoms with Gasteiger partial charge in [0.05, 0.1) is 17.1 Å². The van der Waals surface area contributed by atoms with Gasteiger partial charge in [0.1, 0.15) is 6.54 Å². The molecule has 2 aromatic heterocycles. The number of imidazole rings is 1. The number of para-hydroxylation sites is 1. The molecule has 3 aromatic rings. The van der Waals surface area contributed by atoms with Crippen molar-refractivity contribution in [3.63, 3.8) is 0 Å². The van der Waals surface area contributed by atoms with Crippen LogP contribution < -0.4 is 5.73 Å². The zero-order chi connectivity index (χ0) is 13.4. The lowest BCUT2D eigenvalue weighted by atomic mass is 10.2. The molecule has 3 rings (SSSR count). The maximum absolute atomic E-state index is 8.97. The molecule has 19 heavy (non-hydrogen) atoms. The Labute approximate surface area is 108 Å². The van der Waals surface area contributed by atoms with Crippen molar-refractivity contribution in [3.05, 3.63) is 23.8 Å². The van der Waals surface area contributed by atoms with Gasteiger partial charge >= 0.3 is 0 Å². The number of rotatable bonds is 2. The second-order valence-corrected chi connectivity index (χ2v) is 4.12. The summed E-state index contributed by atoms with van der Waals surface area (Å²) < 4.78 is 6.35. The van der Waals surface area contributed by atoms with Gasteiger partial charge in [-0.1, -0.05) is 12.1 Å². The topological polar surface area (TPSA) is 107 Å². The van der Waals surface area contributed by atoms with E-state index in [1.165, 1.54) is 0 Å². The van der Waals surface area contributed by atoms with Crippen LogP contribution in [0.4, 0.5) is 5.82 Å². The number of nitrogen functional groups attached to an aromatic ring is 1. The highest BCUT2D eigenvalue weighted by atomic mass is 16.6. The first kappa shape index (κ1) is 11.2. The largest absolute Gasteiger partial charge is 0.379 e. The standard InChI is InChI=1S/C12H10N6O/c1-7-3-2-4-8-9(7)15-12(18(8)6-5-13)10-11(14)17-19-16-10/h2-4H,6H2,1H3,(H2,14,17). The van der Waals surface area contributed by atoms with Crippen molar-refractivity contribution >= 4 is 16.9 Å². The average molecular weight is 254 g/mol. The van der Waals surface area contributed by atoms with E-state index in [0.717, 1.165) is 16.6 Å². The van der Waals surface area contributed by atoms with Crippen LogP contribution in [0.5, 0.6) is 0 Å². The summed E-state index contributed by atoms with van der Waals surface area (Å²) in [6.45, 7) is 2.11. The smallest absolute Gasteiger partial charge is 0.199 e. The number of fused-ring (bicyclic) bond motifs is 1. The number of aryl methyl sites for hydroxylation is 1. The molecule has 0 amide bonds. The molecular formula is C12H10N6O. The Morgan fingerprint density at radius 1 is 1.42 bits per heavy atom. The van der Waals surface area contributed by atoms with E-state index in [2.05, 4.69) is 26.0 Å². The molecule has 0 bridgehead atoms. The number of nitriles is 1. The van der Waals surface area contributed by atoms with Gasteiger partial charge in [-0.2, -0.15) is 5.26 Å². The van der Waals surface area contributed by atoms with Gasteiger partial charge in [-0.25, -0.2) is 9.61 Å². The predicted molar refractivity (Wildman–Crippen MR) is 67.8 cm³/mol. The molecule has 0 saturated carbocycles. The lowest BCUT2D eigenvalue weighted by molar-refractivity contribution is 0.310. The highest BCUT2D eigenvalue weighted by Crippen LogP contribution is 2.27. The maximum atomic E-state index is 8.97. The van der Waals surface area contributed by atoms with Gasteiger partial charge in [0.2, 0.25) is 0 Å². The molecule has 94 valence electrons. The van der Waals surface area contributed by atoms with Crippen molar-refractivity contribution < 1.29 is 4.63 Å². The van der Waals surface area contributed by atoms with Crippen LogP contribution in [-0.4, -0.2) is 19.9 Å². The van der Waals surface area contributed by atoms with E-state index in [9.17, 15) is 0 Å². The van der Waals surface area contributed by atoms with E-state index in [1.54, 1.807) is 4.57 Å². The molecule has 0 saturated heterocycles. The third-order valence-electron chi connectivity index (χ3n) is 2.94. The van der Waals surface area contributed by atoms with E-state index >= 15 is 0 Å².